The molecule has 0 saturated carbocycles. The van der Waals surface area contributed by atoms with Gasteiger partial charge in [-0.25, -0.2) is 0 Å². The number of ether oxygens (including phenoxy) is 1. The molecule has 2 aromatic carbocycles. The second-order valence-electron chi connectivity index (χ2n) is 3.88. The van der Waals surface area contributed by atoms with Crippen molar-refractivity contribution in [3.05, 3.63) is 78.4 Å². The van der Waals surface area contributed by atoms with E-state index in [-0.39, 0.29) is 6.10 Å². The maximum atomic E-state index is 10.7. The highest BCUT2D eigenvalue weighted by Gasteiger charge is 2.08. The first-order valence-electron chi connectivity index (χ1n) is 5.73. The van der Waals surface area contributed by atoms with E-state index in [0.717, 1.165) is 11.8 Å². The minimum atomic E-state index is -0.215. The number of carbonyl (C=O) groups excluding carboxylic acids is 1. The van der Waals surface area contributed by atoms with Crippen molar-refractivity contribution in [3.63, 3.8) is 0 Å². The molecule has 0 spiro atoms. The van der Waals surface area contributed by atoms with Crippen molar-refractivity contribution in [1.82, 2.24) is 0 Å². The second kappa shape index (κ2) is 5.82. The van der Waals surface area contributed by atoms with Crippen LogP contribution in [0, 0.1) is 0 Å². The molecule has 0 bridgehead atoms. The summed E-state index contributed by atoms with van der Waals surface area (Å²) in [6.45, 7) is 3.78. The zero-order valence-electron chi connectivity index (χ0n) is 9.95. The molecule has 1 unspecified atom stereocenters. The van der Waals surface area contributed by atoms with Crippen molar-refractivity contribution < 1.29 is 9.53 Å². The van der Waals surface area contributed by atoms with Crippen molar-refractivity contribution in [1.29, 1.82) is 0 Å². The molecule has 0 heterocycles. The van der Waals surface area contributed by atoms with Crippen LogP contribution in [0.25, 0.3) is 0 Å². The Balaban J connectivity index is 2.20. The summed E-state index contributed by atoms with van der Waals surface area (Å²) < 4.78 is 5.82. The van der Waals surface area contributed by atoms with Gasteiger partial charge in [0.05, 0.1) is 0 Å². The highest BCUT2D eigenvalue weighted by Crippen LogP contribution is 2.23. The third kappa shape index (κ3) is 2.86. The Kier molecular flexibility index (Phi) is 3.92. The molecule has 0 aliphatic rings. The van der Waals surface area contributed by atoms with Crippen LogP contribution in [-0.2, 0) is 0 Å². The minimum Gasteiger partial charge on any atom is -0.482 e. The summed E-state index contributed by atoms with van der Waals surface area (Å²) in [5.74, 6) is 0.661. The molecule has 18 heavy (non-hydrogen) atoms. The number of carbonyl (C=O) groups is 1. The highest BCUT2D eigenvalue weighted by molar-refractivity contribution is 5.75. The fraction of sp³-hybridized carbons (Fsp3) is 0.0625. The number of rotatable bonds is 5. The topological polar surface area (TPSA) is 26.3 Å². The second-order valence-corrected chi connectivity index (χ2v) is 3.88. The van der Waals surface area contributed by atoms with E-state index in [4.69, 9.17) is 4.74 Å². The summed E-state index contributed by atoms with van der Waals surface area (Å²) in [7, 11) is 0. The molecule has 0 saturated heterocycles. The summed E-state index contributed by atoms with van der Waals surface area (Å²) in [5, 5.41) is 0. The van der Waals surface area contributed by atoms with E-state index in [0.29, 0.717) is 11.3 Å². The van der Waals surface area contributed by atoms with E-state index in [1.807, 2.05) is 36.4 Å². The van der Waals surface area contributed by atoms with Crippen LogP contribution in [0.1, 0.15) is 22.0 Å². The number of aldehydes is 1. The van der Waals surface area contributed by atoms with E-state index in [9.17, 15) is 4.79 Å². The maximum Gasteiger partial charge on any atom is 0.150 e. The molecule has 0 aromatic heterocycles. The van der Waals surface area contributed by atoms with Crippen LogP contribution in [0.15, 0.2) is 67.3 Å². The molecule has 0 radical (unpaired) electrons. The Hall–Kier alpha value is -2.35. The predicted octanol–water partition coefficient (Wildman–Crippen LogP) is 3.81. The van der Waals surface area contributed by atoms with Crippen LogP contribution in [0.3, 0.4) is 0 Å². The molecule has 1 atom stereocenters. The smallest absolute Gasteiger partial charge is 0.150 e. The van der Waals surface area contributed by atoms with E-state index >= 15 is 0 Å². The van der Waals surface area contributed by atoms with Crippen LogP contribution >= 0.6 is 0 Å². The Morgan fingerprint density at radius 3 is 2.50 bits per heavy atom. The zero-order chi connectivity index (χ0) is 12.8. The number of hydrogen-bond acceptors (Lipinski definition) is 2. The van der Waals surface area contributed by atoms with Gasteiger partial charge in [-0.3, -0.25) is 4.79 Å². The van der Waals surface area contributed by atoms with Gasteiger partial charge in [-0.2, -0.15) is 0 Å². The number of hydrogen-bond donors (Lipinski definition) is 0. The summed E-state index contributed by atoms with van der Waals surface area (Å²) in [5.41, 5.74) is 1.63. The maximum absolute atomic E-state index is 10.7. The van der Waals surface area contributed by atoms with Gasteiger partial charge in [0.1, 0.15) is 18.1 Å². The van der Waals surface area contributed by atoms with Crippen molar-refractivity contribution in [2.45, 2.75) is 6.10 Å². The molecule has 2 nitrogen and oxygen atoms in total. The van der Waals surface area contributed by atoms with E-state index in [2.05, 4.69) is 6.58 Å². The molecule has 0 amide bonds. The van der Waals surface area contributed by atoms with Crippen molar-refractivity contribution >= 4 is 6.29 Å². The van der Waals surface area contributed by atoms with Gasteiger partial charge in [0.25, 0.3) is 0 Å². The highest BCUT2D eigenvalue weighted by atomic mass is 16.5. The lowest BCUT2D eigenvalue weighted by molar-refractivity contribution is 0.112. The molecule has 2 aromatic rings. The zero-order valence-corrected chi connectivity index (χ0v) is 9.95. The first-order valence-corrected chi connectivity index (χ1v) is 5.73. The van der Waals surface area contributed by atoms with Crippen molar-refractivity contribution in [3.8, 4) is 5.75 Å². The van der Waals surface area contributed by atoms with Crippen LogP contribution in [0.5, 0.6) is 5.75 Å². The number of benzene rings is 2. The van der Waals surface area contributed by atoms with E-state index in [1.165, 1.54) is 0 Å². The van der Waals surface area contributed by atoms with Crippen LogP contribution in [-0.4, -0.2) is 6.29 Å². The largest absolute Gasteiger partial charge is 0.482 e. The van der Waals surface area contributed by atoms with Gasteiger partial charge in [-0.1, -0.05) is 49.0 Å². The molecule has 0 N–H and O–H groups in total. The summed E-state index contributed by atoms with van der Waals surface area (Å²) in [4.78, 5) is 10.7. The minimum absolute atomic E-state index is 0.215. The quantitative estimate of drug-likeness (QED) is 0.585. The van der Waals surface area contributed by atoms with Gasteiger partial charge >= 0.3 is 0 Å². The molecule has 0 aliphatic carbocycles. The third-order valence-electron chi connectivity index (χ3n) is 2.60. The van der Waals surface area contributed by atoms with E-state index < -0.39 is 0 Å². The fourth-order valence-electron chi connectivity index (χ4n) is 1.70. The summed E-state index contributed by atoms with van der Waals surface area (Å²) in [6.07, 6.45) is 2.33. The van der Waals surface area contributed by atoms with Crippen LogP contribution in [0.2, 0.25) is 0 Å². The lowest BCUT2D eigenvalue weighted by Crippen LogP contribution is -2.04. The van der Waals surface area contributed by atoms with Gasteiger partial charge in [0, 0.05) is 5.56 Å². The standard InChI is InChI=1S/C16H14O2/c1-2-16(14-8-4-3-5-9-14)18-15-10-6-7-13(11-15)12-17/h2-12,16H,1H2. The lowest BCUT2D eigenvalue weighted by atomic mass is 10.1. The van der Waals surface area contributed by atoms with E-state index in [1.54, 1.807) is 24.3 Å². The third-order valence-corrected chi connectivity index (χ3v) is 2.60. The molecular formula is C16H14O2. The average Bonchev–Trinajstić information content (AvgIpc) is 2.46. The van der Waals surface area contributed by atoms with Crippen LogP contribution < -0.4 is 4.74 Å². The normalized spacial score (nSPS) is 11.6. The van der Waals surface area contributed by atoms with Crippen molar-refractivity contribution in [2.24, 2.45) is 0 Å². The first kappa shape index (κ1) is 12.1. The molecule has 2 heteroatoms. The predicted molar refractivity (Wildman–Crippen MR) is 71.8 cm³/mol. The first-order chi connectivity index (χ1) is 8.83. The van der Waals surface area contributed by atoms with Gasteiger partial charge < -0.3 is 4.74 Å². The van der Waals surface area contributed by atoms with Gasteiger partial charge in [0.15, 0.2) is 0 Å². The molecule has 90 valence electrons. The Bertz CT molecular complexity index is 532. The fourth-order valence-corrected chi connectivity index (χ4v) is 1.70. The molecule has 0 fully saturated rings. The van der Waals surface area contributed by atoms with Gasteiger partial charge in [-0.15, -0.1) is 0 Å². The molecule has 0 aliphatic heterocycles. The average molecular weight is 238 g/mol. The monoisotopic (exact) mass is 238 g/mol. The van der Waals surface area contributed by atoms with Crippen molar-refractivity contribution in [2.75, 3.05) is 0 Å². The Morgan fingerprint density at radius 2 is 1.83 bits per heavy atom. The molecule has 2 rings (SSSR count). The van der Waals surface area contributed by atoms with Crippen LogP contribution in [0.4, 0.5) is 0 Å². The Morgan fingerprint density at radius 1 is 1.06 bits per heavy atom. The van der Waals surface area contributed by atoms with Gasteiger partial charge in [-0.05, 0) is 23.8 Å². The lowest BCUT2D eigenvalue weighted by Gasteiger charge is -2.16. The Labute approximate surface area is 107 Å². The SMILES string of the molecule is C=CC(Oc1cccc(C=O)c1)c1ccccc1. The van der Waals surface area contributed by atoms with Gasteiger partial charge in [0.2, 0.25) is 0 Å². The summed E-state index contributed by atoms with van der Waals surface area (Å²) >= 11 is 0. The summed E-state index contributed by atoms with van der Waals surface area (Å²) in [6, 6.07) is 16.9. The molecular weight excluding hydrogens is 224 g/mol.